The Morgan fingerprint density at radius 1 is 1.00 bits per heavy atom. The first-order valence-electron chi connectivity index (χ1n) is 6.23. The summed E-state index contributed by atoms with van der Waals surface area (Å²) in [5, 5.41) is 2.50. The Bertz CT molecular complexity index is 938. The molecule has 0 saturated carbocycles. The molecule has 2 aromatic heterocycles. The molecule has 2 aromatic carbocycles. The number of halogens is 1. The summed E-state index contributed by atoms with van der Waals surface area (Å²) in [6.45, 7) is 0. The number of nitrogens with one attached hydrogen (secondary N) is 1. The van der Waals surface area contributed by atoms with Crippen LogP contribution in [0.1, 0.15) is 0 Å². The summed E-state index contributed by atoms with van der Waals surface area (Å²) in [5.41, 5.74) is 4.84. The molecule has 0 aliphatic heterocycles. The van der Waals surface area contributed by atoms with Crippen molar-refractivity contribution in [2.24, 2.45) is 7.05 Å². The van der Waals surface area contributed by atoms with Crippen LogP contribution < -0.4 is 4.57 Å². The lowest BCUT2D eigenvalue weighted by atomic mass is 10.1. The van der Waals surface area contributed by atoms with E-state index in [0.717, 1.165) is 4.47 Å². The van der Waals surface area contributed by atoms with Crippen molar-refractivity contribution in [2.75, 3.05) is 0 Å². The lowest BCUT2D eigenvalue weighted by Crippen LogP contribution is -2.29. The maximum Gasteiger partial charge on any atom is 0.238 e. The molecule has 0 aliphatic rings. The number of para-hydroxylation sites is 1. The minimum absolute atomic E-state index is 1.11. The summed E-state index contributed by atoms with van der Waals surface area (Å²) in [7, 11) is 2.12. The molecule has 19 heavy (non-hydrogen) atoms. The summed E-state index contributed by atoms with van der Waals surface area (Å²) in [6.07, 6.45) is 0. The van der Waals surface area contributed by atoms with Crippen molar-refractivity contribution >= 4 is 48.8 Å². The Balaban J connectivity index is 2.31. The zero-order valence-electron chi connectivity index (χ0n) is 10.4. The van der Waals surface area contributed by atoms with Crippen LogP contribution in [0.15, 0.2) is 53.0 Å². The van der Waals surface area contributed by atoms with E-state index < -0.39 is 0 Å². The lowest BCUT2D eigenvalue weighted by Gasteiger charge is -1.98. The van der Waals surface area contributed by atoms with Crippen LogP contribution in [0.5, 0.6) is 0 Å². The van der Waals surface area contributed by atoms with E-state index in [-0.39, 0.29) is 0 Å². The standard InChI is InChI=1S/C16H11BrN2/c1-19-15-5-3-2-4-10(15)8-14-16(19)12-9-11(17)6-7-13(12)18-14/h2-9H,1H3/p+1. The van der Waals surface area contributed by atoms with E-state index in [1.165, 1.54) is 32.8 Å². The van der Waals surface area contributed by atoms with Crippen molar-refractivity contribution in [1.29, 1.82) is 0 Å². The Labute approximate surface area is 118 Å². The predicted molar refractivity (Wildman–Crippen MR) is 82.2 cm³/mol. The van der Waals surface area contributed by atoms with E-state index in [1.54, 1.807) is 0 Å². The molecule has 0 aliphatic carbocycles. The van der Waals surface area contributed by atoms with Crippen molar-refractivity contribution in [3.63, 3.8) is 0 Å². The van der Waals surface area contributed by atoms with Gasteiger partial charge in [0, 0.05) is 15.9 Å². The number of aromatic amines is 1. The molecule has 4 aromatic rings. The number of hydrogen-bond donors (Lipinski definition) is 1. The molecule has 3 heteroatoms. The highest BCUT2D eigenvalue weighted by Crippen LogP contribution is 2.27. The second-order valence-corrected chi connectivity index (χ2v) is 5.76. The third kappa shape index (κ3) is 1.51. The van der Waals surface area contributed by atoms with Gasteiger partial charge in [-0.25, -0.2) is 0 Å². The third-order valence-electron chi connectivity index (χ3n) is 3.69. The highest BCUT2D eigenvalue weighted by molar-refractivity contribution is 9.10. The van der Waals surface area contributed by atoms with Crippen molar-refractivity contribution in [1.82, 2.24) is 4.98 Å². The highest BCUT2D eigenvalue weighted by Gasteiger charge is 2.16. The highest BCUT2D eigenvalue weighted by atomic mass is 79.9. The fraction of sp³-hybridized carbons (Fsp3) is 0.0625. The zero-order valence-corrected chi connectivity index (χ0v) is 12.0. The van der Waals surface area contributed by atoms with Crippen molar-refractivity contribution in [3.05, 3.63) is 53.0 Å². The number of aromatic nitrogens is 2. The van der Waals surface area contributed by atoms with Gasteiger partial charge in [-0.1, -0.05) is 28.1 Å². The topological polar surface area (TPSA) is 19.7 Å². The molecule has 0 spiro atoms. The van der Waals surface area contributed by atoms with E-state index >= 15 is 0 Å². The summed E-state index contributed by atoms with van der Waals surface area (Å²) in [4.78, 5) is 3.50. The SMILES string of the molecule is C[n+]1c2ccccc2cc2[nH]c3ccc(Br)cc3c21. The quantitative estimate of drug-likeness (QED) is 0.472. The first-order chi connectivity index (χ1) is 9.24. The van der Waals surface area contributed by atoms with Gasteiger partial charge < -0.3 is 4.98 Å². The zero-order chi connectivity index (χ0) is 13.0. The molecule has 4 rings (SSSR count). The van der Waals surface area contributed by atoms with Crippen LogP contribution in [0, 0.1) is 0 Å². The smallest absolute Gasteiger partial charge is 0.238 e. The van der Waals surface area contributed by atoms with Gasteiger partial charge in [0.2, 0.25) is 11.0 Å². The fourth-order valence-corrected chi connectivity index (χ4v) is 3.19. The van der Waals surface area contributed by atoms with Gasteiger partial charge in [0.1, 0.15) is 12.6 Å². The lowest BCUT2D eigenvalue weighted by molar-refractivity contribution is -0.616. The van der Waals surface area contributed by atoms with E-state index in [4.69, 9.17) is 0 Å². The molecule has 0 bridgehead atoms. The van der Waals surface area contributed by atoms with Crippen LogP contribution in [0.2, 0.25) is 0 Å². The van der Waals surface area contributed by atoms with E-state index in [9.17, 15) is 0 Å². The molecule has 0 saturated heterocycles. The summed E-state index contributed by atoms with van der Waals surface area (Å²) in [6, 6.07) is 17.0. The molecule has 0 amide bonds. The summed E-state index contributed by atoms with van der Waals surface area (Å²) >= 11 is 3.55. The van der Waals surface area contributed by atoms with E-state index in [1.807, 2.05) is 0 Å². The number of nitrogens with zero attached hydrogens (tertiary/aromatic N) is 1. The third-order valence-corrected chi connectivity index (χ3v) is 4.19. The van der Waals surface area contributed by atoms with Crippen LogP contribution in [-0.4, -0.2) is 4.98 Å². The van der Waals surface area contributed by atoms with Gasteiger partial charge in [-0.15, -0.1) is 0 Å². The van der Waals surface area contributed by atoms with Crippen molar-refractivity contribution in [2.45, 2.75) is 0 Å². The largest absolute Gasteiger partial charge is 0.349 e. The van der Waals surface area contributed by atoms with Gasteiger partial charge in [0.05, 0.1) is 10.9 Å². The minimum Gasteiger partial charge on any atom is -0.349 e. The number of benzene rings is 2. The molecule has 0 atom stereocenters. The first kappa shape index (κ1) is 11.0. The number of aryl methyl sites for hydroxylation is 1. The fourth-order valence-electron chi connectivity index (χ4n) is 2.83. The molecule has 0 radical (unpaired) electrons. The molecule has 1 N–H and O–H groups in total. The maximum atomic E-state index is 3.55. The van der Waals surface area contributed by atoms with Crippen LogP contribution in [0.4, 0.5) is 0 Å². The monoisotopic (exact) mass is 311 g/mol. The molecule has 92 valence electrons. The summed E-state index contributed by atoms with van der Waals surface area (Å²) < 4.78 is 3.37. The molecular weight excluding hydrogens is 300 g/mol. The van der Waals surface area contributed by atoms with E-state index in [2.05, 4.69) is 81.1 Å². The minimum atomic E-state index is 1.11. The van der Waals surface area contributed by atoms with Gasteiger partial charge in [0.25, 0.3) is 0 Å². The van der Waals surface area contributed by atoms with Gasteiger partial charge in [-0.3, -0.25) is 0 Å². The molecular formula is C16H12BrN2+. The molecule has 2 heterocycles. The van der Waals surface area contributed by atoms with Crippen LogP contribution in [-0.2, 0) is 7.05 Å². The van der Waals surface area contributed by atoms with Gasteiger partial charge in [-0.05, 0) is 30.3 Å². The second kappa shape index (κ2) is 3.81. The number of pyridine rings is 1. The average molecular weight is 312 g/mol. The van der Waals surface area contributed by atoms with Gasteiger partial charge in [0.15, 0.2) is 0 Å². The average Bonchev–Trinajstić information content (AvgIpc) is 2.76. The molecule has 0 fully saturated rings. The second-order valence-electron chi connectivity index (χ2n) is 4.84. The Morgan fingerprint density at radius 3 is 2.74 bits per heavy atom. The summed E-state index contributed by atoms with van der Waals surface area (Å²) in [5.74, 6) is 0. The predicted octanol–water partition coefficient (Wildman–Crippen LogP) is 4.06. The Hall–Kier alpha value is -1.87. The first-order valence-corrected chi connectivity index (χ1v) is 7.02. The maximum absolute atomic E-state index is 3.55. The molecule has 2 nitrogen and oxygen atoms in total. The van der Waals surface area contributed by atoms with Crippen LogP contribution >= 0.6 is 15.9 Å². The Kier molecular flexibility index (Phi) is 2.21. The Morgan fingerprint density at radius 2 is 1.84 bits per heavy atom. The number of hydrogen-bond acceptors (Lipinski definition) is 0. The normalized spacial score (nSPS) is 11.7. The van der Waals surface area contributed by atoms with Crippen molar-refractivity contribution < 1.29 is 4.57 Å². The molecule has 0 unspecified atom stereocenters. The van der Waals surface area contributed by atoms with E-state index in [0.29, 0.717) is 0 Å². The van der Waals surface area contributed by atoms with Crippen LogP contribution in [0.25, 0.3) is 32.8 Å². The van der Waals surface area contributed by atoms with Crippen LogP contribution in [0.3, 0.4) is 0 Å². The van der Waals surface area contributed by atoms with Gasteiger partial charge >= 0.3 is 0 Å². The number of H-pyrrole nitrogens is 1. The van der Waals surface area contributed by atoms with Gasteiger partial charge in [-0.2, -0.15) is 4.57 Å². The number of fused-ring (bicyclic) bond motifs is 4. The number of rotatable bonds is 0. The van der Waals surface area contributed by atoms with Crippen molar-refractivity contribution in [3.8, 4) is 0 Å².